The van der Waals surface area contributed by atoms with E-state index in [1.807, 2.05) is 27.7 Å². The fraction of sp³-hybridized carbons (Fsp3) is 0.667. The molecule has 1 aliphatic carbocycles. The summed E-state index contributed by atoms with van der Waals surface area (Å²) in [4.78, 5) is 23.7. The van der Waals surface area contributed by atoms with Crippen LogP contribution in [0.5, 0.6) is 0 Å². The number of carbonyl (C=O) groups is 2. The highest BCUT2D eigenvalue weighted by Gasteiger charge is 2.29. The Labute approximate surface area is 172 Å². The van der Waals surface area contributed by atoms with E-state index in [9.17, 15) is 9.59 Å². The van der Waals surface area contributed by atoms with Crippen LogP contribution in [0.2, 0.25) is 0 Å². The first-order valence-corrected chi connectivity index (χ1v) is 11.2. The smallest absolute Gasteiger partial charge is 0.228 e. The van der Waals surface area contributed by atoms with Crippen LogP contribution in [-0.4, -0.2) is 32.2 Å². The van der Waals surface area contributed by atoms with E-state index in [-0.39, 0.29) is 23.7 Å². The highest BCUT2D eigenvalue weighted by atomic mass is 32.1. The topological polar surface area (TPSA) is 110 Å². The van der Waals surface area contributed by atoms with Crippen molar-refractivity contribution < 1.29 is 9.59 Å². The number of carbonyl (C=O) groups excluding carboxylic acids is 2. The maximum Gasteiger partial charge on any atom is 0.228 e. The molecule has 1 fully saturated rings. The van der Waals surface area contributed by atoms with Crippen LogP contribution in [0.3, 0.4) is 0 Å². The van der Waals surface area contributed by atoms with E-state index in [2.05, 4.69) is 31.0 Å². The van der Waals surface area contributed by atoms with Gasteiger partial charge in [-0.15, -0.1) is 20.4 Å². The van der Waals surface area contributed by atoms with Crippen molar-refractivity contribution in [1.29, 1.82) is 0 Å². The zero-order chi connectivity index (χ0) is 20.3. The monoisotopic (exact) mass is 422 g/mol. The zero-order valence-electron chi connectivity index (χ0n) is 16.6. The van der Waals surface area contributed by atoms with Gasteiger partial charge in [-0.05, 0) is 19.3 Å². The van der Waals surface area contributed by atoms with Crippen LogP contribution in [0, 0.1) is 11.8 Å². The van der Waals surface area contributed by atoms with E-state index in [1.54, 1.807) is 0 Å². The molecule has 2 atom stereocenters. The third-order valence-corrected chi connectivity index (χ3v) is 6.77. The molecule has 1 saturated carbocycles. The predicted octanol–water partition coefficient (Wildman–Crippen LogP) is 4.02. The fourth-order valence-electron chi connectivity index (χ4n) is 3.04. The Kier molecular flexibility index (Phi) is 6.71. The SMILES string of the molecule is CC(C)C(=O)Nc1nnc(C2CCCC(c3nnc(NC(=O)C(C)C)s3)C2)s1. The Morgan fingerprint density at radius 2 is 1.25 bits per heavy atom. The molecule has 0 bridgehead atoms. The summed E-state index contributed by atoms with van der Waals surface area (Å²) in [6.45, 7) is 7.40. The maximum absolute atomic E-state index is 11.8. The van der Waals surface area contributed by atoms with Gasteiger partial charge in [0.25, 0.3) is 0 Å². The number of aromatic nitrogens is 4. The molecule has 0 aromatic carbocycles. The Morgan fingerprint density at radius 3 is 1.64 bits per heavy atom. The Hall–Kier alpha value is -1.94. The van der Waals surface area contributed by atoms with Gasteiger partial charge in [-0.2, -0.15) is 0 Å². The number of rotatable bonds is 6. The van der Waals surface area contributed by atoms with Gasteiger partial charge in [0.2, 0.25) is 22.1 Å². The van der Waals surface area contributed by atoms with E-state index in [1.165, 1.54) is 22.7 Å². The average Bonchev–Trinajstić information content (AvgIpc) is 3.31. The number of nitrogens with zero attached hydrogens (tertiary/aromatic N) is 4. The third-order valence-electron chi connectivity index (χ3n) is 4.76. The van der Waals surface area contributed by atoms with E-state index < -0.39 is 0 Å². The van der Waals surface area contributed by atoms with Crippen molar-refractivity contribution >= 4 is 44.8 Å². The second-order valence-electron chi connectivity index (χ2n) is 7.74. The summed E-state index contributed by atoms with van der Waals surface area (Å²) in [7, 11) is 0. The van der Waals surface area contributed by atoms with Crippen molar-refractivity contribution in [3.8, 4) is 0 Å². The number of anilines is 2. The normalized spacial score (nSPS) is 19.8. The molecule has 2 unspecified atom stereocenters. The van der Waals surface area contributed by atoms with E-state index in [0.717, 1.165) is 35.7 Å². The maximum atomic E-state index is 11.8. The third kappa shape index (κ3) is 5.11. The minimum atomic E-state index is -0.0887. The van der Waals surface area contributed by atoms with Crippen molar-refractivity contribution in [3.63, 3.8) is 0 Å². The van der Waals surface area contributed by atoms with Gasteiger partial charge in [0.1, 0.15) is 10.0 Å². The Morgan fingerprint density at radius 1 is 0.821 bits per heavy atom. The molecule has 10 heteroatoms. The molecule has 152 valence electrons. The van der Waals surface area contributed by atoms with Crippen molar-refractivity contribution in [3.05, 3.63) is 10.0 Å². The standard InChI is InChI=1S/C18H26N6O2S2/c1-9(2)13(25)19-17-23-21-15(27-17)11-6-5-7-12(8-11)16-22-24-18(28-16)20-14(26)10(3)4/h9-12H,5-8H2,1-4H3,(H,19,23,25)(H,20,24,26). The van der Waals surface area contributed by atoms with Gasteiger partial charge in [0.05, 0.1) is 0 Å². The van der Waals surface area contributed by atoms with Gasteiger partial charge in [-0.1, -0.05) is 56.8 Å². The minimum absolute atomic E-state index is 0.0472. The summed E-state index contributed by atoms with van der Waals surface area (Å²) in [6, 6.07) is 0. The van der Waals surface area contributed by atoms with E-state index in [4.69, 9.17) is 0 Å². The molecule has 3 rings (SSSR count). The molecule has 8 nitrogen and oxygen atoms in total. The molecule has 0 saturated heterocycles. The molecule has 2 heterocycles. The van der Waals surface area contributed by atoms with Crippen molar-refractivity contribution in [2.75, 3.05) is 10.6 Å². The van der Waals surface area contributed by atoms with Crippen molar-refractivity contribution in [2.24, 2.45) is 11.8 Å². The molecule has 0 aliphatic heterocycles. The molecule has 0 radical (unpaired) electrons. The summed E-state index contributed by atoms with van der Waals surface area (Å²) >= 11 is 2.91. The molecule has 2 aromatic rings. The molecular formula is C18H26N6O2S2. The lowest BCUT2D eigenvalue weighted by Gasteiger charge is -2.25. The molecule has 2 aromatic heterocycles. The first-order valence-electron chi connectivity index (χ1n) is 9.62. The second-order valence-corrected chi connectivity index (χ2v) is 9.76. The van der Waals surface area contributed by atoms with Crippen molar-refractivity contribution in [1.82, 2.24) is 20.4 Å². The van der Waals surface area contributed by atoms with Crippen LogP contribution in [0.4, 0.5) is 10.3 Å². The highest BCUT2D eigenvalue weighted by Crippen LogP contribution is 2.43. The summed E-state index contributed by atoms with van der Waals surface area (Å²) in [5.41, 5.74) is 0. The number of hydrogen-bond acceptors (Lipinski definition) is 8. The van der Waals surface area contributed by atoms with Gasteiger partial charge in [0, 0.05) is 23.7 Å². The summed E-state index contributed by atoms with van der Waals surface area (Å²) in [5.74, 6) is 0.337. The molecule has 28 heavy (non-hydrogen) atoms. The van der Waals surface area contributed by atoms with Gasteiger partial charge in [-0.25, -0.2) is 0 Å². The summed E-state index contributed by atoms with van der Waals surface area (Å²) in [6.07, 6.45) is 4.12. The van der Waals surface area contributed by atoms with Gasteiger partial charge < -0.3 is 10.6 Å². The van der Waals surface area contributed by atoms with Crippen molar-refractivity contribution in [2.45, 2.75) is 65.2 Å². The van der Waals surface area contributed by atoms with Crippen LogP contribution in [0.25, 0.3) is 0 Å². The lowest BCUT2D eigenvalue weighted by molar-refractivity contribution is -0.119. The number of nitrogens with one attached hydrogen (secondary N) is 2. The van der Waals surface area contributed by atoms with Crippen LogP contribution >= 0.6 is 22.7 Å². The summed E-state index contributed by atoms with van der Waals surface area (Å²) < 4.78 is 0. The van der Waals surface area contributed by atoms with Crippen LogP contribution in [0.15, 0.2) is 0 Å². The highest BCUT2D eigenvalue weighted by molar-refractivity contribution is 7.15. The molecule has 1 aliphatic rings. The van der Waals surface area contributed by atoms with Gasteiger partial charge in [0.15, 0.2) is 0 Å². The Balaban J connectivity index is 1.63. The largest absolute Gasteiger partial charge is 0.300 e. The predicted molar refractivity (Wildman–Crippen MR) is 111 cm³/mol. The first-order chi connectivity index (χ1) is 13.3. The lowest BCUT2D eigenvalue weighted by Crippen LogP contribution is -2.17. The fourth-order valence-corrected chi connectivity index (χ4v) is 4.83. The lowest BCUT2D eigenvalue weighted by atomic mass is 9.82. The molecule has 2 N–H and O–H groups in total. The molecule has 0 spiro atoms. The quantitative estimate of drug-likeness (QED) is 0.727. The van der Waals surface area contributed by atoms with Crippen LogP contribution in [-0.2, 0) is 9.59 Å². The summed E-state index contributed by atoms with van der Waals surface area (Å²) in [5, 5.41) is 25.6. The second kappa shape index (κ2) is 9.04. The van der Waals surface area contributed by atoms with E-state index in [0.29, 0.717) is 22.1 Å². The van der Waals surface area contributed by atoms with Crippen LogP contribution < -0.4 is 10.6 Å². The molecular weight excluding hydrogens is 396 g/mol. The number of hydrogen-bond donors (Lipinski definition) is 2. The van der Waals surface area contributed by atoms with Gasteiger partial charge in [-0.3, -0.25) is 9.59 Å². The van der Waals surface area contributed by atoms with Gasteiger partial charge >= 0.3 is 0 Å². The Bertz CT molecular complexity index is 765. The average molecular weight is 423 g/mol. The number of amides is 2. The zero-order valence-corrected chi connectivity index (χ0v) is 18.2. The van der Waals surface area contributed by atoms with E-state index >= 15 is 0 Å². The first kappa shape index (κ1) is 20.8. The van der Waals surface area contributed by atoms with Crippen LogP contribution in [0.1, 0.15) is 75.2 Å². The minimum Gasteiger partial charge on any atom is -0.300 e. The molecule has 2 amide bonds.